The van der Waals surface area contributed by atoms with Gasteiger partial charge in [-0.05, 0) is 70.8 Å². The van der Waals surface area contributed by atoms with Crippen LogP contribution in [0.15, 0.2) is 72.8 Å². The second-order valence-corrected chi connectivity index (χ2v) is 22.3. The molecule has 4 heterocycles. The number of carbonyl (C=O) groups excluding carboxylic acids is 2. The number of alkyl halides is 4. The van der Waals surface area contributed by atoms with Crippen molar-refractivity contribution in [1.82, 2.24) is 20.0 Å². The highest BCUT2D eigenvalue weighted by molar-refractivity contribution is 7.95. The SMILES string of the molecule is CC(=O)N1CCN(Cc2ccc(F)c(-c3ccc4c(c3)N(C)S(=O)(=O)N4CC3CC3(F)F)c2)CC1.CC(=O)N1CCNCC1.CN1c2cc(-c3cc(CO)ccc3F)ccc2N(CC2CC2(F)F)S1(=O)=O. The maximum absolute atomic E-state index is 14.8. The number of hydrogen-bond donors (Lipinski definition) is 2. The minimum atomic E-state index is -3.97. The van der Waals surface area contributed by atoms with E-state index in [0.29, 0.717) is 64.6 Å². The Kier molecular flexibility index (Phi) is 14.4. The van der Waals surface area contributed by atoms with Crippen molar-refractivity contribution in [1.29, 1.82) is 0 Å². The van der Waals surface area contributed by atoms with Gasteiger partial charge in [-0.25, -0.2) is 26.3 Å². The molecular formula is C48H56F6N8O7S2. The molecule has 2 saturated heterocycles. The van der Waals surface area contributed by atoms with Crippen LogP contribution in [-0.2, 0) is 43.2 Å². The molecule has 10 rings (SSSR count). The number of piperazine rings is 2. The molecule has 0 spiro atoms. The molecule has 2 saturated carbocycles. The smallest absolute Gasteiger partial charge is 0.326 e. The minimum Gasteiger partial charge on any atom is -0.392 e. The lowest BCUT2D eigenvalue weighted by atomic mass is 10.0. The van der Waals surface area contributed by atoms with Crippen LogP contribution < -0.4 is 22.5 Å². The first-order valence-electron chi connectivity index (χ1n) is 23.1. The Bertz CT molecular complexity index is 2920. The number of carbonyl (C=O) groups is 2. The van der Waals surface area contributed by atoms with E-state index in [9.17, 15) is 57.9 Å². The van der Waals surface area contributed by atoms with Crippen molar-refractivity contribution in [3.8, 4) is 22.3 Å². The molecule has 0 aromatic heterocycles. The van der Waals surface area contributed by atoms with Gasteiger partial charge in [0.1, 0.15) is 11.6 Å². The van der Waals surface area contributed by atoms with Crippen molar-refractivity contribution >= 4 is 55.0 Å². The van der Waals surface area contributed by atoms with Gasteiger partial charge in [0.15, 0.2) is 0 Å². The highest BCUT2D eigenvalue weighted by atomic mass is 32.2. The number of hydrogen-bond acceptors (Lipinski definition) is 9. The molecular weight excluding hydrogens is 979 g/mol. The third-order valence-electron chi connectivity index (χ3n) is 13.8. The summed E-state index contributed by atoms with van der Waals surface area (Å²) in [6.07, 6.45) is -0.646. The van der Waals surface area contributed by atoms with E-state index >= 15 is 0 Å². The molecule has 23 heteroatoms. The summed E-state index contributed by atoms with van der Waals surface area (Å²) >= 11 is 0. The second kappa shape index (κ2) is 19.8. The normalized spacial score (nSPS) is 22.2. The number of amides is 2. The lowest BCUT2D eigenvalue weighted by molar-refractivity contribution is -0.131. The van der Waals surface area contributed by atoms with Crippen LogP contribution in [0.3, 0.4) is 0 Å². The molecule has 0 bridgehead atoms. The summed E-state index contributed by atoms with van der Waals surface area (Å²) in [7, 11) is -5.22. The third kappa shape index (κ3) is 10.8. The van der Waals surface area contributed by atoms with Crippen LogP contribution in [0.4, 0.5) is 49.1 Å². The third-order valence-corrected chi connectivity index (χ3v) is 17.3. The van der Waals surface area contributed by atoms with Crippen LogP contribution in [0.25, 0.3) is 22.3 Å². The van der Waals surface area contributed by atoms with Crippen LogP contribution in [0, 0.1) is 23.5 Å². The molecule has 2 aliphatic carbocycles. The zero-order valence-electron chi connectivity index (χ0n) is 39.6. The molecule has 6 aliphatic rings. The topological polar surface area (TPSA) is 157 Å². The van der Waals surface area contributed by atoms with Crippen molar-refractivity contribution in [2.75, 3.05) is 96.8 Å². The molecule has 4 fully saturated rings. The summed E-state index contributed by atoms with van der Waals surface area (Å²) in [4.78, 5) is 28.1. The van der Waals surface area contributed by atoms with Gasteiger partial charge in [-0.15, -0.1) is 0 Å². The summed E-state index contributed by atoms with van der Waals surface area (Å²) in [6, 6.07) is 18.4. The number of nitrogens with zero attached hydrogens (tertiary/aromatic N) is 7. The van der Waals surface area contributed by atoms with E-state index in [-0.39, 0.29) is 49.9 Å². The number of halogens is 6. The van der Waals surface area contributed by atoms with E-state index in [2.05, 4.69) is 10.2 Å². The van der Waals surface area contributed by atoms with Gasteiger partial charge in [0.25, 0.3) is 11.8 Å². The molecule has 71 heavy (non-hydrogen) atoms. The molecule has 2 N–H and O–H groups in total. The van der Waals surface area contributed by atoms with Gasteiger partial charge in [-0.2, -0.15) is 16.8 Å². The Morgan fingerprint density at radius 1 is 0.606 bits per heavy atom. The molecule has 2 amide bonds. The van der Waals surface area contributed by atoms with E-state index in [1.165, 1.54) is 50.5 Å². The van der Waals surface area contributed by atoms with Crippen LogP contribution in [-0.4, -0.2) is 140 Å². The Morgan fingerprint density at radius 3 is 1.41 bits per heavy atom. The Labute approximate surface area is 409 Å². The number of aliphatic hydroxyl groups excluding tert-OH is 1. The van der Waals surface area contributed by atoms with Gasteiger partial charge in [0.2, 0.25) is 11.8 Å². The summed E-state index contributed by atoms with van der Waals surface area (Å²) in [6.45, 7) is 9.32. The predicted octanol–water partition coefficient (Wildman–Crippen LogP) is 5.89. The number of rotatable bonds is 9. The van der Waals surface area contributed by atoms with E-state index in [1.54, 1.807) is 55.1 Å². The van der Waals surface area contributed by atoms with E-state index < -0.39 is 55.7 Å². The quantitative estimate of drug-likeness (QED) is 0.195. The monoisotopic (exact) mass is 1030 g/mol. The van der Waals surface area contributed by atoms with Gasteiger partial charge in [-0.1, -0.05) is 24.3 Å². The summed E-state index contributed by atoms with van der Waals surface area (Å²) in [5.74, 6) is -8.35. The standard InChI is InChI=1S/C24H27F3N4O3S.C18H17F3N2O3S.C6H12N2O/c1-16(32)30-9-7-29(8-10-30)14-17-3-5-21(25)20(11-17)18-4-6-22-23(12-18)28(2)35(33,34)31(22)15-19-13-24(19,26)27;1-22-17-7-12(14-6-11(10-24)2-4-15(14)19)3-5-16(17)23(27(22,25)26)9-13-8-18(13,20)21;1-6(9)8-4-2-7-3-5-8/h3-6,11-12,19H,7-10,13-15H2,1-2H3;2-7,13,24H,8-10H2,1H3;7H,2-5H2,1H3. The first kappa shape index (κ1) is 51.7. The van der Waals surface area contributed by atoms with Crippen LogP contribution in [0.5, 0.6) is 0 Å². The Balaban J connectivity index is 0.000000166. The van der Waals surface area contributed by atoms with Crippen LogP contribution in [0.1, 0.15) is 37.8 Å². The molecule has 2 atom stereocenters. The summed E-state index contributed by atoms with van der Waals surface area (Å²) in [5, 5.41) is 12.4. The lowest BCUT2D eigenvalue weighted by Crippen LogP contribution is -2.47. The molecule has 2 unspecified atom stereocenters. The van der Waals surface area contributed by atoms with Crippen molar-refractivity contribution < 1.29 is 57.9 Å². The predicted molar refractivity (Wildman–Crippen MR) is 258 cm³/mol. The average molecular weight is 1040 g/mol. The second-order valence-electron chi connectivity index (χ2n) is 18.6. The number of nitrogens with one attached hydrogen (secondary N) is 1. The molecule has 4 aliphatic heterocycles. The zero-order valence-corrected chi connectivity index (χ0v) is 41.2. The molecule has 4 aromatic carbocycles. The summed E-state index contributed by atoms with van der Waals surface area (Å²) < 4.78 is 138. The highest BCUT2D eigenvalue weighted by Gasteiger charge is 2.60. The van der Waals surface area contributed by atoms with Crippen molar-refractivity contribution in [3.05, 3.63) is 95.6 Å². The molecule has 4 aromatic rings. The molecule has 384 valence electrons. The van der Waals surface area contributed by atoms with Gasteiger partial charge < -0.3 is 20.2 Å². The lowest BCUT2D eigenvalue weighted by Gasteiger charge is -2.34. The highest BCUT2D eigenvalue weighted by Crippen LogP contribution is 2.53. The fourth-order valence-corrected chi connectivity index (χ4v) is 12.0. The first-order valence-corrected chi connectivity index (χ1v) is 25.9. The van der Waals surface area contributed by atoms with E-state index in [1.807, 2.05) is 4.90 Å². The Hall–Kier alpha value is -5.62. The Morgan fingerprint density at radius 2 is 1.01 bits per heavy atom. The van der Waals surface area contributed by atoms with Gasteiger partial charge in [-0.3, -0.25) is 31.7 Å². The maximum atomic E-state index is 14.8. The van der Waals surface area contributed by atoms with Crippen LogP contribution >= 0.6 is 0 Å². The van der Waals surface area contributed by atoms with Gasteiger partial charge in [0, 0.05) is 136 Å². The number of fused-ring (bicyclic) bond motifs is 2. The van der Waals surface area contributed by atoms with Crippen LogP contribution in [0.2, 0.25) is 0 Å². The molecule has 15 nitrogen and oxygen atoms in total. The molecule has 0 radical (unpaired) electrons. The largest absolute Gasteiger partial charge is 0.392 e. The van der Waals surface area contributed by atoms with Crippen molar-refractivity contribution in [3.63, 3.8) is 0 Å². The van der Waals surface area contributed by atoms with Crippen molar-refractivity contribution in [2.45, 2.75) is 51.7 Å². The first-order chi connectivity index (χ1) is 33.4. The number of anilines is 4. The summed E-state index contributed by atoms with van der Waals surface area (Å²) in [5.41, 5.74) is 4.16. The van der Waals surface area contributed by atoms with Crippen molar-refractivity contribution in [2.24, 2.45) is 11.8 Å². The average Bonchev–Trinajstić information content (AvgIpc) is 4.13. The number of benzene rings is 4. The van der Waals surface area contributed by atoms with E-state index in [0.717, 1.165) is 62.1 Å². The van der Waals surface area contributed by atoms with Gasteiger partial charge >= 0.3 is 20.4 Å². The minimum absolute atomic E-state index is 0.0571. The van der Waals surface area contributed by atoms with Gasteiger partial charge in [0.05, 0.1) is 29.4 Å². The maximum Gasteiger partial charge on any atom is 0.326 e. The van der Waals surface area contributed by atoms with E-state index in [4.69, 9.17) is 0 Å². The zero-order chi connectivity index (χ0) is 51.4. The number of aliphatic hydroxyl groups is 1. The fraction of sp³-hybridized carbons (Fsp3) is 0.458. The fourth-order valence-electron chi connectivity index (χ4n) is 9.06.